The van der Waals surface area contributed by atoms with E-state index in [0.29, 0.717) is 5.41 Å². The molecule has 1 N–H and O–H groups in total. The summed E-state index contributed by atoms with van der Waals surface area (Å²) in [6.45, 7) is 15.8. The summed E-state index contributed by atoms with van der Waals surface area (Å²) in [5, 5.41) is 3.71. The number of likely N-dealkylation sites (tertiary alicyclic amines) is 1. The minimum Gasteiger partial charge on any atom is -0.316 e. The maximum atomic E-state index is 3.71. The van der Waals surface area contributed by atoms with Crippen molar-refractivity contribution < 1.29 is 0 Å². The number of hydrogen-bond acceptors (Lipinski definition) is 2. The molecular formula is C18H36N2. The summed E-state index contributed by atoms with van der Waals surface area (Å²) in [4.78, 5) is 2.78. The summed E-state index contributed by atoms with van der Waals surface area (Å²) < 4.78 is 0. The maximum Gasteiger partial charge on any atom is 0.00477 e. The van der Waals surface area contributed by atoms with Crippen LogP contribution in [-0.2, 0) is 0 Å². The van der Waals surface area contributed by atoms with E-state index in [4.69, 9.17) is 0 Å². The lowest BCUT2D eigenvalue weighted by Gasteiger charge is -2.34. The highest BCUT2D eigenvalue weighted by Crippen LogP contribution is 2.39. The molecule has 1 aliphatic carbocycles. The smallest absolute Gasteiger partial charge is 0.00477 e. The van der Waals surface area contributed by atoms with E-state index >= 15 is 0 Å². The Morgan fingerprint density at radius 1 is 1.20 bits per heavy atom. The third-order valence-corrected chi connectivity index (χ3v) is 5.37. The van der Waals surface area contributed by atoms with Gasteiger partial charge in [0.25, 0.3) is 0 Å². The Morgan fingerprint density at radius 3 is 2.40 bits per heavy atom. The molecule has 118 valence electrons. The van der Waals surface area contributed by atoms with E-state index in [1.165, 1.54) is 58.3 Å². The van der Waals surface area contributed by atoms with Gasteiger partial charge in [-0.05, 0) is 49.0 Å². The van der Waals surface area contributed by atoms with Gasteiger partial charge in [0.1, 0.15) is 0 Å². The molecule has 20 heavy (non-hydrogen) atoms. The normalized spacial score (nSPS) is 29.9. The van der Waals surface area contributed by atoms with Crippen LogP contribution in [0.5, 0.6) is 0 Å². The van der Waals surface area contributed by atoms with E-state index in [-0.39, 0.29) is 0 Å². The lowest BCUT2D eigenvalue weighted by molar-refractivity contribution is 0.163. The van der Waals surface area contributed by atoms with Gasteiger partial charge < -0.3 is 10.2 Å². The fraction of sp³-hybridized carbons (Fsp3) is 1.00. The van der Waals surface area contributed by atoms with Gasteiger partial charge in [-0.25, -0.2) is 0 Å². The monoisotopic (exact) mass is 280 g/mol. The van der Waals surface area contributed by atoms with Crippen molar-refractivity contribution in [2.24, 2.45) is 23.2 Å². The van der Waals surface area contributed by atoms with Crippen molar-refractivity contribution in [2.45, 2.75) is 59.8 Å². The molecule has 1 saturated heterocycles. The van der Waals surface area contributed by atoms with E-state index in [9.17, 15) is 0 Å². The number of nitrogens with zero attached hydrogens (tertiary/aromatic N) is 1. The van der Waals surface area contributed by atoms with Crippen LogP contribution in [0.15, 0.2) is 0 Å². The second kappa shape index (κ2) is 7.26. The zero-order valence-electron chi connectivity index (χ0n) is 14.3. The van der Waals surface area contributed by atoms with E-state index in [1.54, 1.807) is 0 Å². The molecule has 0 bridgehead atoms. The number of rotatable bonds is 8. The van der Waals surface area contributed by atoms with Gasteiger partial charge in [-0.15, -0.1) is 0 Å². The average Bonchev–Trinajstić information content (AvgIpc) is 2.88. The molecule has 0 aromatic carbocycles. The van der Waals surface area contributed by atoms with Crippen molar-refractivity contribution in [3.63, 3.8) is 0 Å². The summed E-state index contributed by atoms with van der Waals surface area (Å²) >= 11 is 0. The molecule has 2 heteroatoms. The van der Waals surface area contributed by atoms with E-state index in [2.05, 4.69) is 37.9 Å². The summed E-state index contributed by atoms with van der Waals surface area (Å²) in [7, 11) is 0. The van der Waals surface area contributed by atoms with Crippen LogP contribution in [0.1, 0.15) is 59.8 Å². The Kier molecular flexibility index (Phi) is 5.92. The second-order valence-electron chi connectivity index (χ2n) is 8.23. The standard InChI is InChI=1S/C18H36N2/c1-5-9-18(4,13-19-10-15(2)3)14-20-11-16-7-6-8-17(16)12-20/h15-17,19H,5-14H2,1-4H3. The topological polar surface area (TPSA) is 15.3 Å². The molecule has 2 rings (SSSR count). The van der Waals surface area contributed by atoms with Gasteiger partial charge in [-0.2, -0.15) is 0 Å². The molecule has 1 aliphatic heterocycles. The first kappa shape index (κ1) is 16.3. The van der Waals surface area contributed by atoms with Crippen LogP contribution in [0.4, 0.5) is 0 Å². The highest BCUT2D eigenvalue weighted by molar-refractivity contribution is 4.91. The molecule has 0 aromatic heterocycles. The van der Waals surface area contributed by atoms with Gasteiger partial charge in [0.2, 0.25) is 0 Å². The molecule has 1 heterocycles. The molecule has 3 unspecified atom stereocenters. The lowest BCUT2D eigenvalue weighted by atomic mass is 9.84. The van der Waals surface area contributed by atoms with Crippen molar-refractivity contribution in [3.8, 4) is 0 Å². The largest absolute Gasteiger partial charge is 0.316 e. The van der Waals surface area contributed by atoms with Crippen LogP contribution in [-0.4, -0.2) is 37.6 Å². The van der Waals surface area contributed by atoms with Crippen molar-refractivity contribution in [1.29, 1.82) is 0 Å². The second-order valence-corrected chi connectivity index (χ2v) is 8.23. The van der Waals surface area contributed by atoms with E-state index in [1.807, 2.05) is 0 Å². The summed E-state index contributed by atoms with van der Waals surface area (Å²) in [5.41, 5.74) is 0.461. The molecule has 2 nitrogen and oxygen atoms in total. The third-order valence-electron chi connectivity index (χ3n) is 5.37. The molecule has 0 amide bonds. The number of nitrogens with one attached hydrogen (secondary N) is 1. The predicted molar refractivity (Wildman–Crippen MR) is 88.0 cm³/mol. The Morgan fingerprint density at radius 2 is 1.85 bits per heavy atom. The lowest BCUT2D eigenvalue weighted by Crippen LogP contribution is -2.42. The predicted octanol–water partition coefficient (Wildman–Crippen LogP) is 3.77. The average molecular weight is 280 g/mol. The Labute approximate surface area is 126 Å². The Hall–Kier alpha value is -0.0800. The fourth-order valence-electron chi connectivity index (χ4n) is 4.49. The molecular weight excluding hydrogens is 244 g/mol. The van der Waals surface area contributed by atoms with Crippen LogP contribution in [0, 0.1) is 23.2 Å². The first-order chi connectivity index (χ1) is 9.52. The minimum absolute atomic E-state index is 0.461. The molecule has 1 saturated carbocycles. The van der Waals surface area contributed by atoms with Crippen LogP contribution < -0.4 is 5.32 Å². The molecule has 0 radical (unpaired) electrons. The number of fused-ring (bicyclic) bond motifs is 1. The maximum absolute atomic E-state index is 3.71. The summed E-state index contributed by atoms with van der Waals surface area (Å²) in [5.74, 6) is 2.82. The van der Waals surface area contributed by atoms with Gasteiger partial charge in [0, 0.05) is 26.2 Å². The third kappa shape index (κ3) is 4.46. The summed E-state index contributed by atoms with van der Waals surface area (Å²) in [6, 6.07) is 0. The highest BCUT2D eigenvalue weighted by Gasteiger charge is 2.38. The molecule has 2 fully saturated rings. The molecule has 0 aromatic rings. The fourth-order valence-corrected chi connectivity index (χ4v) is 4.49. The Bertz CT molecular complexity index is 277. The van der Waals surface area contributed by atoms with E-state index in [0.717, 1.165) is 24.3 Å². The van der Waals surface area contributed by atoms with E-state index < -0.39 is 0 Å². The first-order valence-electron chi connectivity index (χ1n) is 8.95. The molecule has 2 aliphatic rings. The van der Waals surface area contributed by atoms with Gasteiger partial charge in [0.05, 0.1) is 0 Å². The Balaban J connectivity index is 1.81. The van der Waals surface area contributed by atoms with Gasteiger partial charge in [-0.1, -0.05) is 40.5 Å². The van der Waals surface area contributed by atoms with Crippen LogP contribution in [0.2, 0.25) is 0 Å². The quantitative estimate of drug-likeness (QED) is 0.728. The summed E-state index contributed by atoms with van der Waals surface area (Å²) in [6.07, 6.45) is 7.14. The van der Waals surface area contributed by atoms with Crippen molar-refractivity contribution >= 4 is 0 Å². The zero-order valence-corrected chi connectivity index (χ0v) is 14.3. The van der Waals surface area contributed by atoms with Crippen molar-refractivity contribution in [3.05, 3.63) is 0 Å². The number of hydrogen-bond donors (Lipinski definition) is 1. The van der Waals surface area contributed by atoms with Crippen LogP contribution >= 0.6 is 0 Å². The minimum atomic E-state index is 0.461. The molecule has 3 atom stereocenters. The first-order valence-corrected chi connectivity index (χ1v) is 8.95. The van der Waals surface area contributed by atoms with Gasteiger partial charge in [0.15, 0.2) is 0 Å². The van der Waals surface area contributed by atoms with Crippen LogP contribution in [0.3, 0.4) is 0 Å². The SMILES string of the molecule is CCCC(C)(CNCC(C)C)CN1CC2CCCC2C1. The van der Waals surface area contributed by atoms with Crippen molar-refractivity contribution in [2.75, 3.05) is 32.7 Å². The highest BCUT2D eigenvalue weighted by atomic mass is 15.2. The van der Waals surface area contributed by atoms with Gasteiger partial charge >= 0.3 is 0 Å². The van der Waals surface area contributed by atoms with Crippen LogP contribution in [0.25, 0.3) is 0 Å². The molecule has 0 spiro atoms. The van der Waals surface area contributed by atoms with Crippen molar-refractivity contribution in [1.82, 2.24) is 10.2 Å². The zero-order chi connectivity index (χ0) is 14.6. The van der Waals surface area contributed by atoms with Gasteiger partial charge in [-0.3, -0.25) is 0 Å².